The summed E-state index contributed by atoms with van der Waals surface area (Å²) in [7, 11) is 2.08. The SMILES string of the molecule is Cc1cc(C(F)(F)F)nn1CCNC(=O)CC[C@H]1CCCCN1C. The molecule has 5 nitrogen and oxygen atoms in total. The number of aromatic nitrogens is 2. The van der Waals surface area contributed by atoms with Crippen LogP contribution >= 0.6 is 0 Å². The van der Waals surface area contributed by atoms with Crippen molar-refractivity contribution in [3.8, 4) is 0 Å². The number of likely N-dealkylation sites (tertiary alicyclic amines) is 1. The zero-order chi connectivity index (χ0) is 17.7. The molecule has 1 fully saturated rings. The van der Waals surface area contributed by atoms with Crippen LogP contribution in [0.15, 0.2) is 6.07 Å². The normalized spacial score (nSPS) is 19.5. The Kier molecular flexibility index (Phi) is 6.26. The van der Waals surface area contributed by atoms with Gasteiger partial charge >= 0.3 is 6.18 Å². The van der Waals surface area contributed by atoms with Crippen LogP contribution in [0.1, 0.15) is 43.5 Å². The van der Waals surface area contributed by atoms with E-state index in [1.165, 1.54) is 17.5 Å². The summed E-state index contributed by atoms with van der Waals surface area (Å²) >= 11 is 0. The first kappa shape index (κ1) is 18.8. The minimum atomic E-state index is -4.44. The largest absolute Gasteiger partial charge is 0.435 e. The van der Waals surface area contributed by atoms with Crippen LogP contribution in [0, 0.1) is 6.92 Å². The maximum absolute atomic E-state index is 12.6. The zero-order valence-corrected chi connectivity index (χ0v) is 14.2. The molecule has 0 unspecified atom stereocenters. The lowest BCUT2D eigenvalue weighted by Crippen LogP contribution is -2.37. The van der Waals surface area contributed by atoms with Gasteiger partial charge in [0.05, 0.1) is 6.54 Å². The fraction of sp³-hybridized carbons (Fsp3) is 0.750. The number of halogens is 3. The molecule has 2 heterocycles. The van der Waals surface area contributed by atoms with Gasteiger partial charge in [0.15, 0.2) is 5.69 Å². The zero-order valence-electron chi connectivity index (χ0n) is 14.2. The highest BCUT2D eigenvalue weighted by Crippen LogP contribution is 2.28. The van der Waals surface area contributed by atoms with E-state index in [1.54, 1.807) is 6.92 Å². The molecule has 0 aliphatic carbocycles. The van der Waals surface area contributed by atoms with E-state index in [-0.39, 0.29) is 19.0 Å². The number of hydrogen-bond acceptors (Lipinski definition) is 3. The van der Waals surface area contributed by atoms with Crippen molar-refractivity contribution >= 4 is 5.91 Å². The van der Waals surface area contributed by atoms with Gasteiger partial charge in [-0.1, -0.05) is 6.42 Å². The summed E-state index contributed by atoms with van der Waals surface area (Å²) in [6.07, 6.45) is 0.364. The minimum Gasteiger partial charge on any atom is -0.354 e. The topological polar surface area (TPSA) is 50.2 Å². The number of hydrogen-bond donors (Lipinski definition) is 1. The Labute approximate surface area is 140 Å². The van der Waals surface area contributed by atoms with Crippen molar-refractivity contribution in [3.63, 3.8) is 0 Å². The molecule has 136 valence electrons. The number of rotatable bonds is 6. The number of alkyl halides is 3. The van der Waals surface area contributed by atoms with Crippen LogP contribution in [0.3, 0.4) is 0 Å². The van der Waals surface area contributed by atoms with E-state index in [9.17, 15) is 18.0 Å². The van der Waals surface area contributed by atoms with E-state index in [4.69, 9.17) is 0 Å². The van der Waals surface area contributed by atoms with E-state index in [2.05, 4.69) is 22.4 Å². The van der Waals surface area contributed by atoms with Gasteiger partial charge in [0, 0.05) is 24.7 Å². The number of amides is 1. The average Bonchev–Trinajstić information content (AvgIpc) is 2.88. The monoisotopic (exact) mass is 346 g/mol. The van der Waals surface area contributed by atoms with Gasteiger partial charge in [-0.3, -0.25) is 9.48 Å². The van der Waals surface area contributed by atoms with Crippen molar-refractivity contribution in [1.82, 2.24) is 20.0 Å². The summed E-state index contributed by atoms with van der Waals surface area (Å²) in [6.45, 7) is 3.16. The highest BCUT2D eigenvalue weighted by molar-refractivity contribution is 5.75. The van der Waals surface area contributed by atoms with Crippen LogP contribution in [0.5, 0.6) is 0 Å². The summed E-state index contributed by atoms with van der Waals surface area (Å²) in [4.78, 5) is 14.2. The van der Waals surface area contributed by atoms with Gasteiger partial charge in [0.25, 0.3) is 0 Å². The molecule has 0 spiro atoms. The molecule has 1 N–H and O–H groups in total. The van der Waals surface area contributed by atoms with Gasteiger partial charge in [-0.15, -0.1) is 0 Å². The molecule has 24 heavy (non-hydrogen) atoms. The van der Waals surface area contributed by atoms with E-state index in [0.717, 1.165) is 25.5 Å². The molecule has 0 aromatic carbocycles. The number of piperidine rings is 1. The Morgan fingerprint density at radius 1 is 1.42 bits per heavy atom. The maximum Gasteiger partial charge on any atom is 0.435 e. The molecule has 1 aliphatic rings. The second-order valence-electron chi connectivity index (χ2n) is 6.41. The standard InChI is InChI=1S/C16H25F3N4O/c1-12-11-14(16(17,18)19)21-23(12)10-8-20-15(24)7-6-13-5-3-4-9-22(13)2/h11,13H,3-10H2,1-2H3,(H,20,24)/t13-/m1/s1. The first-order valence-corrected chi connectivity index (χ1v) is 8.36. The lowest BCUT2D eigenvalue weighted by atomic mass is 9.98. The Morgan fingerprint density at radius 2 is 2.17 bits per heavy atom. The highest BCUT2D eigenvalue weighted by Gasteiger charge is 2.34. The van der Waals surface area contributed by atoms with Crippen molar-refractivity contribution in [3.05, 3.63) is 17.5 Å². The Hall–Kier alpha value is -1.57. The molecule has 1 aliphatic heterocycles. The van der Waals surface area contributed by atoms with Gasteiger partial charge in [0.2, 0.25) is 5.91 Å². The molecule has 8 heteroatoms. The molecule has 1 atom stereocenters. The summed E-state index contributed by atoms with van der Waals surface area (Å²) in [6, 6.07) is 1.47. The van der Waals surface area contributed by atoms with Crippen molar-refractivity contribution in [2.24, 2.45) is 0 Å². The van der Waals surface area contributed by atoms with Crippen LogP contribution in [0.2, 0.25) is 0 Å². The first-order chi connectivity index (χ1) is 11.3. The minimum absolute atomic E-state index is 0.0603. The number of nitrogens with zero attached hydrogens (tertiary/aromatic N) is 3. The highest BCUT2D eigenvalue weighted by atomic mass is 19.4. The predicted octanol–water partition coefficient (Wildman–Crippen LogP) is 2.59. The Morgan fingerprint density at radius 3 is 2.79 bits per heavy atom. The van der Waals surface area contributed by atoms with Gasteiger partial charge in [-0.25, -0.2) is 0 Å². The summed E-state index contributed by atoms with van der Waals surface area (Å²) in [5.41, 5.74) is -0.466. The molecule has 1 aromatic rings. The van der Waals surface area contributed by atoms with Crippen LogP contribution < -0.4 is 5.32 Å². The van der Waals surface area contributed by atoms with Crippen LogP contribution in [-0.4, -0.2) is 46.8 Å². The number of carbonyl (C=O) groups excluding carboxylic acids is 1. The van der Waals surface area contributed by atoms with E-state index in [1.807, 2.05) is 0 Å². The van der Waals surface area contributed by atoms with Gasteiger partial charge in [-0.2, -0.15) is 18.3 Å². The second-order valence-corrected chi connectivity index (χ2v) is 6.41. The second kappa shape index (κ2) is 8.00. The lowest BCUT2D eigenvalue weighted by Gasteiger charge is -2.32. The van der Waals surface area contributed by atoms with E-state index in [0.29, 0.717) is 18.2 Å². The summed E-state index contributed by atoms with van der Waals surface area (Å²) in [5, 5.41) is 6.30. The van der Waals surface area contributed by atoms with Gasteiger partial charge in [0.1, 0.15) is 0 Å². The molecule has 0 saturated carbocycles. The third-order valence-corrected chi connectivity index (χ3v) is 4.54. The molecule has 1 saturated heterocycles. The number of nitrogens with one attached hydrogen (secondary N) is 1. The van der Waals surface area contributed by atoms with Crippen molar-refractivity contribution < 1.29 is 18.0 Å². The van der Waals surface area contributed by atoms with E-state index >= 15 is 0 Å². The fourth-order valence-electron chi connectivity index (χ4n) is 3.07. The third kappa shape index (κ3) is 5.22. The Bertz CT molecular complexity index is 556. The lowest BCUT2D eigenvalue weighted by molar-refractivity contribution is -0.141. The molecule has 0 radical (unpaired) electrons. The maximum atomic E-state index is 12.6. The smallest absolute Gasteiger partial charge is 0.354 e. The van der Waals surface area contributed by atoms with Gasteiger partial charge < -0.3 is 10.2 Å². The van der Waals surface area contributed by atoms with Crippen LogP contribution in [0.4, 0.5) is 13.2 Å². The summed E-state index contributed by atoms with van der Waals surface area (Å²) < 4.78 is 39.0. The fourth-order valence-corrected chi connectivity index (χ4v) is 3.07. The van der Waals surface area contributed by atoms with Crippen molar-refractivity contribution in [2.75, 3.05) is 20.1 Å². The predicted molar refractivity (Wildman–Crippen MR) is 84.5 cm³/mol. The molecular weight excluding hydrogens is 321 g/mol. The third-order valence-electron chi connectivity index (χ3n) is 4.54. The quantitative estimate of drug-likeness (QED) is 0.861. The molecule has 0 bridgehead atoms. The van der Waals surface area contributed by atoms with E-state index < -0.39 is 11.9 Å². The molecule has 2 rings (SSSR count). The number of carbonyl (C=O) groups is 1. The average molecular weight is 346 g/mol. The summed E-state index contributed by atoms with van der Waals surface area (Å²) in [5.74, 6) is -0.0603. The number of aryl methyl sites for hydroxylation is 1. The van der Waals surface area contributed by atoms with Crippen molar-refractivity contribution in [1.29, 1.82) is 0 Å². The molecule has 1 amide bonds. The molecular formula is C16H25F3N4O. The van der Waals surface area contributed by atoms with Crippen LogP contribution in [-0.2, 0) is 17.5 Å². The van der Waals surface area contributed by atoms with Crippen molar-refractivity contribution in [2.45, 2.75) is 57.8 Å². The first-order valence-electron chi connectivity index (χ1n) is 8.36. The molecule has 1 aromatic heterocycles. The van der Waals surface area contributed by atoms with Crippen LogP contribution in [0.25, 0.3) is 0 Å². The van der Waals surface area contributed by atoms with Gasteiger partial charge in [-0.05, 0) is 45.8 Å². The Balaban J connectivity index is 1.72.